The van der Waals surface area contributed by atoms with E-state index in [-0.39, 0.29) is 5.91 Å². The normalized spacial score (nSPS) is 21.4. The molecule has 2 unspecified atom stereocenters. The summed E-state index contributed by atoms with van der Waals surface area (Å²) in [5, 5.41) is 8.25. The number of benzene rings is 1. The van der Waals surface area contributed by atoms with Crippen molar-refractivity contribution in [1.82, 2.24) is 10.3 Å². The standard InChI is InChI=1S/C17H21N3O/c1-11-7-8-13(9-11)19-17(21)15-10-12-5-3-4-6-14(12)16(18-2)20-15/h3-6,10-11,13H,7-9H2,1-2H3,(H,18,20)(H,19,21). The van der Waals surface area contributed by atoms with Gasteiger partial charge in [0.05, 0.1) is 0 Å². The van der Waals surface area contributed by atoms with Crippen LogP contribution >= 0.6 is 0 Å². The van der Waals surface area contributed by atoms with Gasteiger partial charge in [-0.05, 0) is 36.6 Å². The van der Waals surface area contributed by atoms with E-state index < -0.39 is 0 Å². The van der Waals surface area contributed by atoms with E-state index in [1.807, 2.05) is 37.4 Å². The van der Waals surface area contributed by atoms with Crippen LogP contribution in [0.4, 0.5) is 5.82 Å². The molecule has 0 bridgehead atoms. The molecular weight excluding hydrogens is 262 g/mol. The van der Waals surface area contributed by atoms with Crippen LogP contribution in [-0.2, 0) is 0 Å². The fourth-order valence-corrected chi connectivity index (χ4v) is 3.10. The van der Waals surface area contributed by atoms with Crippen LogP contribution in [-0.4, -0.2) is 24.0 Å². The van der Waals surface area contributed by atoms with Crippen LogP contribution in [0.1, 0.15) is 36.7 Å². The maximum absolute atomic E-state index is 12.4. The van der Waals surface area contributed by atoms with Gasteiger partial charge in [0.25, 0.3) is 5.91 Å². The SMILES string of the molecule is CNc1nc(C(=O)NC2CCC(C)C2)cc2ccccc12. The summed E-state index contributed by atoms with van der Waals surface area (Å²) in [6.07, 6.45) is 3.33. The zero-order chi connectivity index (χ0) is 14.8. The molecule has 21 heavy (non-hydrogen) atoms. The number of aromatic nitrogens is 1. The number of nitrogens with zero attached hydrogens (tertiary/aromatic N) is 1. The molecule has 2 atom stereocenters. The topological polar surface area (TPSA) is 54.0 Å². The summed E-state index contributed by atoms with van der Waals surface area (Å²) in [4.78, 5) is 16.9. The van der Waals surface area contributed by atoms with Gasteiger partial charge in [-0.25, -0.2) is 4.98 Å². The molecule has 3 rings (SSSR count). The number of fused-ring (bicyclic) bond motifs is 1. The maximum Gasteiger partial charge on any atom is 0.270 e. The lowest BCUT2D eigenvalue weighted by Crippen LogP contribution is -2.33. The van der Waals surface area contributed by atoms with Crippen molar-refractivity contribution in [2.24, 2.45) is 5.92 Å². The Balaban J connectivity index is 1.87. The van der Waals surface area contributed by atoms with Crippen LogP contribution in [0.5, 0.6) is 0 Å². The molecule has 110 valence electrons. The van der Waals surface area contributed by atoms with Gasteiger partial charge in [0, 0.05) is 18.5 Å². The first-order valence-electron chi connectivity index (χ1n) is 7.56. The number of amides is 1. The van der Waals surface area contributed by atoms with E-state index in [1.165, 1.54) is 6.42 Å². The molecular formula is C17H21N3O. The van der Waals surface area contributed by atoms with Crippen molar-refractivity contribution < 1.29 is 4.79 Å². The molecule has 1 saturated carbocycles. The molecule has 0 radical (unpaired) electrons. The average molecular weight is 283 g/mol. The van der Waals surface area contributed by atoms with E-state index in [1.54, 1.807) is 0 Å². The van der Waals surface area contributed by atoms with Gasteiger partial charge < -0.3 is 10.6 Å². The molecule has 2 N–H and O–H groups in total. The quantitative estimate of drug-likeness (QED) is 0.909. The Labute approximate surface area is 125 Å². The van der Waals surface area contributed by atoms with E-state index in [0.717, 1.165) is 29.4 Å². The van der Waals surface area contributed by atoms with Crippen molar-refractivity contribution in [2.75, 3.05) is 12.4 Å². The van der Waals surface area contributed by atoms with Crippen LogP contribution in [0.25, 0.3) is 10.8 Å². The lowest BCUT2D eigenvalue weighted by Gasteiger charge is -2.13. The highest BCUT2D eigenvalue weighted by atomic mass is 16.1. The molecule has 0 spiro atoms. The van der Waals surface area contributed by atoms with Crippen LogP contribution in [0.15, 0.2) is 30.3 Å². The zero-order valence-electron chi connectivity index (χ0n) is 12.5. The Kier molecular flexibility index (Phi) is 3.78. The first-order chi connectivity index (χ1) is 10.2. The van der Waals surface area contributed by atoms with E-state index >= 15 is 0 Å². The number of nitrogens with one attached hydrogen (secondary N) is 2. The second-order valence-electron chi connectivity index (χ2n) is 5.92. The fraction of sp³-hybridized carbons (Fsp3) is 0.412. The summed E-state index contributed by atoms with van der Waals surface area (Å²) in [6.45, 7) is 2.24. The summed E-state index contributed by atoms with van der Waals surface area (Å²) in [5.41, 5.74) is 0.484. The average Bonchev–Trinajstić information content (AvgIpc) is 2.91. The van der Waals surface area contributed by atoms with Gasteiger partial charge >= 0.3 is 0 Å². The van der Waals surface area contributed by atoms with Crippen molar-refractivity contribution in [3.63, 3.8) is 0 Å². The molecule has 0 saturated heterocycles. The van der Waals surface area contributed by atoms with Crippen molar-refractivity contribution >= 4 is 22.5 Å². The van der Waals surface area contributed by atoms with Crippen LogP contribution in [0, 0.1) is 5.92 Å². The van der Waals surface area contributed by atoms with E-state index in [2.05, 4.69) is 22.5 Å². The van der Waals surface area contributed by atoms with Crippen molar-refractivity contribution in [1.29, 1.82) is 0 Å². The number of pyridine rings is 1. The Morgan fingerprint density at radius 3 is 2.81 bits per heavy atom. The molecule has 2 aromatic rings. The number of hydrogen-bond donors (Lipinski definition) is 2. The summed E-state index contributed by atoms with van der Waals surface area (Å²) < 4.78 is 0. The molecule has 0 aliphatic heterocycles. The van der Waals surface area contributed by atoms with Gasteiger partial charge in [0.15, 0.2) is 0 Å². The molecule has 4 heteroatoms. The minimum Gasteiger partial charge on any atom is -0.373 e. The fourth-order valence-electron chi connectivity index (χ4n) is 3.10. The smallest absolute Gasteiger partial charge is 0.270 e. The molecule has 1 heterocycles. The van der Waals surface area contributed by atoms with Gasteiger partial charge in [-0.1, -0.05) is 31.2 Å². The highest BCUT2D eigenvalue weighted by Gasteiger charge is 2.23. The summed E-state index contributed by atoms with van der Waals surface area (Å²) in [7, 11) is 1.83. The van der Waals surface area contributed by atoms with Crippen LogP contribution in [0.2, 0.25) is 0 Å². The largest absolute Gasteiger partial charge is 0.373 e. The molecule has 1 aromatic heterocycles. The number of anilines is 1. The van der Waals surface area contributed by atoms with Gasteiger partial charge in [-0.2, -0.15) is 0 Å². The maximum atomic E-state index is 12.4. The van der Waals surface area contributed by atoms with Crippen molar-refractivity contribution in [3.8, 4) is 0 Å². The number of rotatable bonds is 3. The van der Waals surface area contributed by atoms with Gasteiger partial charge in [-0.3, -0.25) is 4.79 Å². The highest BCUT2D eigenvalue weighted by Crippen LogP contribution is 2.26. The van der Waals surface area contributed by atoms with E-state index in [4.69, 9.17) is 0 Å². The third kappa shape index (κ3) is 2.84. The summed E-state index contributed by atoms with van der Waals surface area (Å²) in [5.74, 6) is 1.38. The monoisotopic (exact) mass is 283 g/mol. The number of carbonyl (C=O) groups excluding carboxylic acids is 1. The third-order valence-corrected chi connectivity index (χ3v) is 4.24. The zero-order valence-corrected chi connectivity index (χ0v) is 12.5. The first-order valence-corrected chi connectivity index (χ1v) is 7.56. The minimum absolute atomic E-state index is 0.0728. The summed E-state index contributed by atoms with van der Waals surface area (Å²) >= 11 is 0. The first kappa shape index (κ1) is 13.9. The number of carbonyl (C=O) groups is 1. The Morgan fingerprint density at radius 1 is 1.29 bits per heavy atom. The Bertz CT molecular complexity index is 668. The minimum atomic E-state index is -0.0728. The highest BCUT2D eigenvalue weighted by molar-refractivity contribution is 6.00. The van der Waals surface area contributed by atoms with Crippen molar-refractivity contribution in [2.45, 2.75) is 32.2 Å². The molecule has 1 aromatic carbocycles. The lowest BCUT2D eigenvalue weighted by molar-refractivity contribution is 0.0932. The molecule has 1 amide bonds. The third-order valence-electron chi connectivity index (χ3n) is 4.24. The van der Waals surface area contributed by atoms with E-state index in [9.17, 15) is 4.79 Å². The molecule has 1 aliphatic carbocycles. The predicted molar refractivity (Wildman–Crippen MR) is 85.6 cm³/mol. The Morgan fingerprint density at radius 2 is 2.10 bits per heavy atom. The lowest BCUT2D eigenvalue weighted by atomic mass is 10.1. The second-order valence-corrected chi connectivity index (χ2v) is 5.92. The van der Waals surface area contributed by atoms with Gasteiger partial charge in [0.1, 0.15) is 11.5 Å². The molecule has 1 aliphatic rings. The molecule has 4 nitrogen and oxygen atoms in total. The Hall–Kier alpha value is -2.10. The van der Waals surface area contributed by atoms with Crippen LogP contribution < -0.4 is 10.6 Å². The summed E-state index contributed by atoms with van der Waals surface area (Å²) in [6, 6.07) is 10.1. The van der Waals surface area contributed by atoms with Crippen LogP contribution in [0.3, 0.4) is 0 Å². The van der Waals surface area contributed by atoms with Crippen molar-refractivity contribution in [3.05, 3.63) is 36.0 Å². The molecule has 1 fully saturated rings. The van der Waals surface area contributed by atoms with E-state index in [0.29, 0.717) is 17.7 Å². The predicted octanol–water partition coefficient (Wildman–Crippen LogP) is 3.19. The second kappa shape index (κ2) is 5.72. The van der Waals surface area contributed by atoms with Gasteiger partial charge in [-0.15, -0.1) is 0 Å². The van der Waals surface area contributed by atoms with Gasteiger partial charge in [0.2, 0.25) is 0 Å². The number of hydrogen-bond acceptors (Lipinski definition) is 3.